The molecule has 4 heteroatoms. The summed E-state index contributed by atoms with van der Waals surface area (Å²) >= 11 is 1.42. The molecule has 0 aliphatic carbocycles. The number of thiazole rings is 1. The van der Waals surface area contributed by atoms with Crippen molar-refractivity contribution in [1.82, 2.24) is 4.98 Å². The Morgan fingerprint density at radius 2 is 1.94 bits per heavy atom. The number of para-hydroxylation sites is 1. The van der Waals surface area contributed by atoms with Crippen LogP contribution in [0, 0.1) is 20.8 Å². The van der Waals surface area contributed by atoms with Crippen LogP contribution in [0.4, 0.5) is 5.69 Å². The van der Waals surface area contributed by atoms with E-state index in [1.807, 2.05) is 45.0 Å². The Morgan fingerprint density at radius 1 is 1.24 bits per heavy atom. The molecule has 0 fully saturated rings. The lowest BCUT2D eigenvalue weighted by Gasteiger charge is -2.05. The molecule has 0 unspecified atom stereocenters. The zero-order chi connectivity index (χ0) is 12.4. The Bertz CT molecular complexity index is 541. The molecule has 1 amide bonds. The van der Waals surface area contributed by atoms with Crippen molar-refractivity contribution >= 4 is 22.9 Å². The second-order valence-electron chi connectivity index (χ2n) is 3.93. The van der Waals surface area contributed by atoms with Gasteiger partial charge in [0.05, 0.1) is 5.69 Å². The third-order valence-electron chi connectivity index (χ3n) is 2.62. The molecule has 1 aromatic heterocycles. The second kappa shape index (κ2) is 4.67. The van der Waals surface area contributed by atoms with Crippen LogP contribution in [-0.4, -0.2) is 10.9 Å². The molecule has 0 atom stereocenters. The van der Waals surface area contributed by atoms with Crippen LogP contribution < -0.4 is 5.32 Å². The zero-order valence-electron chi connectivity index (χ0n) is 10.1. The Labute approximate surface area is 105 Å². The Kier molecular flexibility index (Phi) is 3.24. The maximum Gasteiger partial charge on any atom is 0.284 e. The van der Waals surface area contributed by atoms with Gasteiger partial charge < -0.3 is 5.32 Å². The van der Waals surface area contributed by atoms with E-state index in [1.165, 1.54) is 11.3 Å². The van der Waals surface area contributed by atoms with Crippen molar-refractivity contribution in [2.24, 2.45) is 0 Å². The summed E-state index contributed by atoms with van der Waals surface area (Å²) in [5, 5.41) is 3.39. The van der Waals surface area contributed by atoms with E-state index in [9.17, 15) is 4.79 Å². The number of aryl methyl sites for hydroxylation is 3. The number of anilines is 1. The highest BCUT2D eigenvalue weighted by Crippen LogP contribution is 2.19. The van der Waals surface area contributed by atoms with Crippen molar-refractivity contribution in [2.45, 2.75) is 20.8 Å². The summed E-state index contributed by atoms with van der Waals surface area (Å²) < 4.78 is 0. The third kappa shape index (κ3) is 2.53. The van der Waals surface area contributed by atoms with Gasteiger partial charge in [-0.25, -0.2) is 4.98 Å². The number of carbonyl (C=O) groups is 1. The van der Waals surface area contributed by atoms with E-state index >= 15 is 0 Å². The quantitative estimate of drug-likeness (QED) is 0.883. The van der Waals surface area contributed by atoms with Gasteiger partial charge in [0.2, 0.25) is 0 Å². The van der Waals surface area contributed by atoms with Gasteiger partial charge in [0, 0.05) is 10.6 Å². The number of nitrogens with one attached hydrogen (secondary N) is 1. The van der Waals surface area contributed by atoms with E-state index in [-0.39, 0.29) is 5.91 Å². The van der Waals surface area contributed by atoms with Crippen LogP contribution in [-0.2, 0) is 0 Å². The first-order valence-electron chi connectivity index (χ1n) is 5.39. The van der Waals surface area contributed by atoms with E-state index in [1.54, 1.807) is 0 Å². The molecule has 0 bridgehead atoms. The number of benzene rings is 1. The predicted octanol–water partition coefficient (Wildman–Crippen LogP) is 3.32. The lowest BCUT2D eigenvalue weighted by atomic mass is 10.2. The van der Waals surface area contributed by atoms with Crippen LogP contribution in [0.15, 0.2) is 24.3 Å². The molecule has 0 aliphatic heterocycles. The molecule has 0 aliphatic rings. The summed E-state index contributed by atoms with van der Waals surface area (Å²) in [7, 11) is 0. The Morgan fingerprint density at radius 3 is 2.53 bits per heavy atom. The number of nitrogens with zero attached hydrogens (tertiary/aromatic N) is 1. The molecule has 17 heavy (non-hydrogen) atoms. The van der Waals surface area contributed by atoms with Crippen molar-refractivity contribution in [2.75, 3.05) is 5.32 Å². The number of rotatable bonds is 2. The minimum absolute atomic E-state index is 0.138. The van der Waals surface area contributed by atoms with E-state index < -0.39 is 0 Å². The predicted molar refractivity (Wildman–Crippen MR) is 70.7 cm³/mol. The van der Waals surface area contributed by atoms with Gasteiger partial charge in [-0.3, -0.25) is 4.79 Å². The van der Waals surface area contributed by atoms with Crippen LogP contribution in [0.2, 0.25) is 0 Å². The monoisotopic (exact) mass is 246 g/mol. The van der Waals surface area contributed by atoms with E-state index in [2.05, 4.69) is 10.3 Å². The van der Waals surface area contributed by atoms with Crippen molar-refractivity contribution in [3.05, 3.63) is 45.4 Å². The lowest BCUT2D eigenvalue weighted by molar-refractivity contribution is 0.102. The maximum absolute atomic E-state index is 12.0. The summed E-state index contributed by atoms with van der Waals surface area (Å²) in [5.74, 6) is -0.138. The number of aromatic nitrogens is 1. The van der Waals surface area contributed by atoms with Gasteiger partial charge in [-0.05, 0) is 32.4 Å². The highest BCUT2D eigenvalue weighted by molar-refractivity contribution is 7.13. The van der Waals surface area contributed by atoms with Crippen LogP contribution in [0.25, 0.3) is 0 Å². The van der Waals surface area contributed by atoms with Crippen molar-refractivity contribution in [3.63, 3.8) is 0 Å². The first kappa shape index (κ1) is 11.8. The van der Waals surface area contributed by atoms with E-state index in [0.29, 0.717) is 5.01 Å². The lowest BCUT2D eigenvalue weighted by Crippen LogP contribution is -2.12. The fraction of sp³-hybridized carbons (Fsp3) is 0.231. The minimum Gasteiger partial charge on any atom is -0.320 e. The molecule has 2 aromatic rings. The molecule has 1 N–H and O–H groups in total. The van der Waals surface area contributed by atoms with Crippen molar-refractivity contribution in [1.29, 1.82) is 0 Å². The van der Waals surface area contributed by atoms with Crippen molar-refractivity contribution < 1.29 is 4.79 Å². The van der Waals surface area contributed by atoms with Crippen LogP contribution in [0.1, 0.15) is 25.9 Å². The highest BCUT2D eigenvalue weighted by Gasteiger charge is 2.13. The van der Waals surface area contributed by atoms with Crippen LogP contribution >= 0.6 is 11.3 Å². The SMILES string of the molecule is Cc1ccccc1NC(=O)c1nc(C)c(C)s1. The largest absolute Gasteiger partial charge is 0.320 e. The number of carbonyl (C=O) groups excluding carboxylic acids is 1. The number of amides is 1. The first-order valence-corrected chi connectivity index (χ1v) is 6.20. The van der Waals surface area contributed by atoms with Crippen LogP contribution in [0.3, 0.4) is 0 Å². The average Bonchev–Trinajstić information content (AvgIpc) is 2.63. The van der Waals surface area contributed by atoms with Gasteiger partial charge in [0.1, 0.15) is 0 Å². The highest BCUT2D eigenvalue weighted by atomic mass is 32.1. The van der Waals surface area contributed by atoms with Gasteiger partial charge >= 0.3 is 0 Å². The molecule has 0 saturated carbocycles. The fourth-order valence-electron chi connectivity index (χ4n) is 1.46. The second-order valence-corrected chi connectivity index (χ2v) is 5.13. The fourth-order valence-corrected chi connectivity index (χ4v) is 2.27. The van der Waals surface area contributed by atoms with E-state index in [0.717, 1.165) is 21.8 Å². The average molecular weight is 246 g/mol. The maximum atomic E-state index is 12.0. The third-order valence-corrected chi connectivity index (χ3v) is 3.69. The topological polar surface area (TPSA) is 42.0 Å². The number of hydrogen-bond acceptors (Lipinski definition) is 3. The summed E-state index contributed by atoms with van der Waals surface area (Å²) in [4.78, 5) is 17.3. The molecular weight excluding hydrogens is 232 g/mol. The Balaban J connectivity index is 2.20. The molecule has 2 rings (SSSR count). The van der Waals surface area contributed by atoms with E-state index in [4.69, 9.17) is 0 Å². The molecule has 0 saturated heterocycles. The summed E-state index contributed by atoms with van der Waals surface area (Å²) in [6.07, 6.45) is 0. The zero-order valence-corrected chi connectivity index (χ0v) is 10.9. The van der Waals surface area contributed by atoms with Gasteiger partial charge in [-0.15, -0.1) is 11.3 Å². The number of hydrogen-bond donors (Lipinski definition) is 1. The summed E-state index contributed by atoms with van der Waals surface area (Å²) in [5.41, 5.74) is 2.80. The van der Waals surface area contributed by atoms with Gasteiger partial charge in [-0.2, -0.15) is 0 Å². The van der Waals surface area contributed by atoms with Gasteiger partial charge in [-0.1, -0.05) is 18.2 Å². The molecule has 0 spiro atoms. The normalized spacial score (nSPS) is 10.3. The van der Waals surface area contributed by atoms with Gasteiger partial charge in [0.15, 0.2) is 5.01 Å². The standard InChI is InChI=1S/C13H14N2OS/c1-8-6-4-5-7-11(8)15-12(16)13-14-9(2)10(3)17-13/h4-7H,1-3H3,(H,15,16). The smallest absolute Gasteiger partial charge is 0.284 e. The molecule has 1 heterocycles. The molecule has 88 valence electrons. The first-order chi connectivity index (χ1) is 8.08. The summed E-state index contributed by atoms with van der Waals surface area (Å²) in [6, 6.07) is 7.71. The molecular formula is C13H14N2OS. The molecule has 1 aromatic carbocycles. The minimum atomic E-state index is -0.138. The van der Waals surface area contributed by atoms with Gasteiger partial charge in [0.25, 0.3) is 5.91 Å². The summed E-state index contributed by atoms with van der Waals surface area (Å²) in [6.45, 7) is 5.85. The van der Waals surface area contributed by atoms with Crippen molar-refractivity contribution in [3.8, 4) is 0 Å². The Hall–Kier alpha value is -1.68. The molecule has 0 radical (unpaired) electrons. The molecule has 3 nitrogen and oxygen atoms in total. The van der Waals surface area contributed by atoms with Crippen LogP contribution in [0.5, 0.6) is 0 Å².